The van der Waals surface area contributed by atoms with E-state index in [1.165, 1.54) is 18.4 Å². The highest BCUT2D eigenvalue weighted by Crippen LogP contribution is 2.44. The molecule has 0 bridgehead atoms. The van der Waals surface area contributed by atoms with Crippen molar-refractivity contribution in [3.8, 4) is 5.88 Å². The second-order valence-corrected chi connectivity index (χ2v) is 9.76. The van der Waals surface area contributed by atoms with Crippen molar-refractivity contribution < 1.29 is 51.8 Å². The molecular weight excluding hydrogens is 507 g/mol. The SMILES string of the molecule is O=C(C[P+](O)(O)O)C(=O)N1CC=C(c2c(F)cc(N3C[C@H](COc4ccon4)OC3=O)cc2F)CC1. The first-order chi connectivity index (χ1) is 17.0. The molecule has 0 spiro atoms. The Morgan fingerprint density at radius 3 is 2.53 bits per heavy atom. The summed E-state index contributed by atoms with van der Waals surface area (Å²) in [5, 5.41) is 3.56. The lowest BCUT2D eigenvalue weighted by atomic mass is 9.97. The number of rotatable bonds is 8. The van der Waals surface area contributed by atoms with E-state index in [-0.39, 0.29) is 55.4 Å². The monoisotopic (exact) mass is 528 g/mol. The molecule has 3 heterocycles. The summed E-state index contributed by atoms with van der Waals surface area (Å²) in [5.41, 5.74) is -0.128. The molecule has 3 N–H and O–H groups in total. The van der Waals surface area contributed by atoms with Crippen LogP contribution in [0, 0.1) is 11.6 Å². The average molecular weight is 528 g/mol. The van der Waals surface area contributed by atoms with Crippen LogP contribution in [-0.2, 0) is 14.3 Å². The molecule has 1 aromatic carbocycles. The van der Waals surface area contributed by atoms with Crippen LogP contribution in [0.4, 0.5) is 19.3 Å². The Labute approximate surface area is 202 Å². The van der Waals surface area contributed by atoms with Crippen LogP contribution in [0.25, 0.3) is 5.57 Å². The number of nitrogens with zero attached hydrogens (tertiary/aromatic N) is 3. The van der Waals surface area contributed by atoms with Gasteiger partial charge in [0.15, 0.2) is 6.10 Å². The molecule has 1 fully saturated rings. The predicted octanol–water partition coefficient (Wildman–Crippen LogP) is 1.28. The predicted molar refractivity (Wildman–Crippen MR) is 119 cm³/mol. The average Bonchev–Trinajstić information content (AvgIpc) is 3.45. The molecule has 0 radical (unpaired) electrons. The van der Waals surface area contributed by atoms with Crippen molar-refractivity contribution >= 4 is 37.0 Å². The number of hydrogen-bond acceptors (Lipinski definition) is 10. The number of halogens is 2. The zero-order valence-corrected chi connectivity index (χ0v) is 19.4. The van der Waals surface area contributed by atoms with Gasteiger partial charge in [-0.1, -0.05) is 6.08 Å². The zero-order chi connectivity index (χ0) is 26.0. The van der Waals surface area contributed by atoms with Gasteiger partial charge in [0.2, 0.25) is 6.16 Å². The van der Waals surface area contributed by atoms with Gasteiger partial charge in [0.1, 0.15) is 24.5 Å². The topological polar surface area (TPSA) is 163 Å². The summed E-state index contributed by atoms with van der Waals surface area (Å²) >= 11 is 0. The third-order valence-corrected chi connectivity index (χ3v) is 6.17. The Balaban J connectivity index is 1.42. The molecule has 12 nitrogen and oxygen atoms in total. The quantitative estimate of drug-likeness (QED) is 0.336. The van der Waals surface area contributed by atoms with E-state index in [1.807, 2.05) is 0 Å². The van der Waals surface area contributed by atoms with Gasteiger partial charge in [0, 0.05) is 24.7 Å². The minimum Gasteiger partial charge on any atom is -0.471 e. The smallest absolute Gasteiger partial charge is 0.414 e. The van der Waals surface area contributed by atoms with Crippen LogP contribution in [-0.4, -0.2) is 81.0 Å². The van der Waals surface area contributed by atoms with Crippen molar-refractivity contribution in [1.82, 2.24) is 10.1 Å². The van der Waals surface area contributed by atoms with Crippen molar-refractivity contribution in [2.45, 2.75) is 12.5 Å². The Hall–Kier alpha value is -3.45. The van der Waals surface area contributed by atoms with Crippen molar-refractivity contribution in [1.29, 1.82) is 0 Å². The van der Waals surface area contributed by atoms with Crippen LogP contribution < -0.4 is 9.64 Å². The second-order valence-electron chi connectivity index (χ2n) is 8.05. The van der Waals surface area contributed by atoms with Crippen LogP contribution in [0.15, 0.2) is 35.1 Å². The fourth-order valence-electron chi connectivity index (χ4n) is 3.81. The van der Waals surface area contributed by atoms with Crippen LogP contribution >= 0.6 is 7.94 Å². The lowest BCUT2D eigenvalue weighted by molar-refractivity contribution is -0.143. The van der Waals surface area contributed by atoms with Crippen molar-refractivity contribution in [2.24, 2.45) is 0 Å². The minimum atomic E-state index is -4.45. The van der Waals surface area contributed by atoms with Crippen molar-refractivity contribution in [2.75, 3.05) is 37.3 Å². The number of ether oxygens (including phenoxy) is 2. The number of carbonyl (C=O) groups is 3. The van der Waals surface area contributed by atoms with Crippen LogP contribution in [0.3, 0.4) is 0 Å². The van der Waals surface area contributed by atoms with Gasteiger partial charge in [-0.2, -0.15) is 14.7 Å². The van der Waals surface area contributed by atoms with E-state index in [1.54, 1.807) is 0 Å². The Morgan fingerprint density at radius 1 is 1.22 bits per heavy atom. The molecule has 4 rings (SSSR count). The number of Topliss-reactive ketones (excluding diaryl/α,β-unsaturated/α-hetero) is 1. The van der Waals surface area contributed by atoms with E-state index in [4.69, 9.17) is 24.2 Å². The maximum atomic E-state index is 15.0. The van der Waals surface area contributed by atoms with Gasteiger partial charge in [0.25, 0.3) is 17.6 Å². The molecule has 1 saturated heterocycles. The van der Waals surface area contributed by atoms with E-state index in [0.717, 1.165) is 21.9 Å². The molecule has 36 heavy (non-hydrogen) atoms. The Bertz CT molecular complexity index is 1180. The summed E-state index contributed by atoms with van der Waals surface area (Å²) in [6.45, 7) is -0.266. The summed E-state index contributed by atoms with van der Waals surface area (Å²) in [4.78, 5) is 65.2. The van der Waals surface area contributed by atoms with Gasteiger partial charge < -0.3 is 18.9 Å². The molecule has 192 valence electrons. The van der Waals surface area contributed by atoms with Gasteiger partial charge in [-0.15, -0.1) is 0 Å². The number of ketones is 1. The van der Waals surface area contributed by atoms with Crippen molar-refractivity contribution in [3.05, 3.63) is 47.7 Å². The number of benzene rings is 1. The van der Waals surface area contributed by atoms with E-state index in [2.05, 4.69) is 9.68 Å². The van der Waals surface area contributed by atoms with Crippen LogP contribution in [0.2, 0.25) is 0 Å². The fourth-order valence-corrected chi connectivity index (χ4v) is 4.33. The summed E-state index contributed by atoms with van der Waals surface area (Å²) in [6.07, 6.45) is 0.0812. The second kappa shape index (κ2) is 10.3. The summed E-state index contributed by atoms with van der Waals surface area (Å²) < 4.78 is 45.0. The molecule has 0 aliphatic carbocycles. The summed E-state index contributed by atoms with van der Waals surface area (Å²) in [7, 11) is -4.45. The number of anilines is 1. The first kappa shape index (κ1) is 25.6. The van der Waals surface area contributed by atoms with E-state index in [0.29, 0.717) is 0 Å². The molecule has 2 aliphatic rings. The maximum Gasteiger partial charge on any atom is 0.414 e. The molecular formula is C21H21F2N3O9P+. The molecule has 15 heteroatoms. The first-order valence-electron chi connectivity index (χ1n) is 10.6. The normalized spacial score (nSPS) is 18.2. The van der Waals surface area contributed by atoms with Gasteiger partial charge in [-0.25, -0.2) is 13.6 Å². The highest BCUT2D eigenvalue weighted by atomic mass is 31.2. The Kier molecular flexibility index (Phi) is 7.31. The zero-order valence-electron chi connectivity index (χ0n) is 18.5. The number of hydrogen-bond donors (Lipinski definition) is 3. The molecule has 0 saturated carbocycles. The van der Waals surface area contributed by atoms with Gasteiger partial charge in [0.05, 0.1) is 12.2 Å². The molecule has 0 unspecified atom stereocenters. The number of carbonyl (C=O) groups excluding carboxylic acids is 3. The summed E-state index contributed by atoms with van der Waals surface area (Å²) in [5.74, 6) is -3.90. The lowest BCUT2D eigenvalue weighted by Gasteiger charge is -2.26. The van der Waals surface area contributed by atoms with E-state index < -0.39 is 49.6 Å². The third kappa shape index (κ3) is 5.85. The van der Waals surface area contributed by atoms with Crippen molar-refractivity contribution in [3.63, 3.8) is 0 Å². The fraction of sp³-hybridized carbons (Fsp3) is 0.333. The van der Waals surface area contributed by atoms with Gasteiger partial charge >= 0.3 is 14.0 Å². The number of aromatic nitrogens is 1. The number of amides is 2. The maximum absolute atomic E-state index is 15.0. The van der Waals surface area contributed by atoms with Gasteiger partial charge in [-0.05, 0) is 29.3 Å². The molecule has 2 aromatic rings. The molecule has 1 atom stereocenters. The van der Waals surface area contributed by atoms with Crippen LogP contribution in [0.5, 0.6) is 5.88 Å². The van der Waals surface area contributed by atoms with Crippen LogP contribution in [0.1, 0.15) is 12.0 Å². The minimum absolute atomic E-state index is 0.0110. The Morgan fingerprint density at radius 2 is 1.94 bits per heavy atom. The number of cyclic esters (lactones) is 1. The first-order valence-corrected chi connectivity index (χ1v) is 12.4. The highest BCUT2D eigenvalue weighted by molar-refractivity contribution is 7.59. The standard InChI is InChI=1S/C21H21F2N3O9P/c22-15-7-13(26-9-14(35-21(26)29)10-33-18-3-6-34-24-18)8-16(23)19(15)12-1-4-25(5-2-12)20(28)17(27)11-36(30,31)32/h1,3,6-8,14,30-32H,2,4-5,9-11H2/q+1/t14-/m1/s1. The largest absolute Gasteiger partial charge is 0.471 e. The van der Waals surface area contributed by atoms with E-state index >= 15 is 0 Å². The van der Waals surface area contributed by atoms with E-state index in [9.17, 15) is 23.2 Å². The molecule has 2 aliphatic heterocycles. The highest BCUT2D eigenvalue weighted by Gasteiger charge is 2.39. The summed E-state index contributed by atoms with van der Waals surface area (Å²) in [6, 6.07) is 3.46. The molecule has 1 aromatic heterocycles. The third-order valence-electron chi connectivity index (χ3n) is 5.46. The molecule has 2 amide bonds. The van der Waals surface area contributed by atoms with Gasteiger partial charge in [-0.3, -0.25) is 14.5 Å². The lowest BCUT2D eigenvalue weighted by Crippen LogP contribution is -2.40.